The molecule has 17 heavy (non-hydrogen) atoms. The van der Waals surface area contributed by atoms with E-state index in [0.717, 1.165) is 12.1 Å². The van der Waals surface area contributed by atoms with Gasteiger partial charge in [0.1, 0.15) is 5.82 Å². The first kappa shape index (κ1) is 14.1. The zero-order chi connectivity index (χ0) is 13.0. The molecular formula is C14H23FN2. The number of benzene rings is 1. The Hall–Kier alpha value is -0.930. The van der Waals surface area contributed by atoms with E-state index in [9.17, 15) is 4.39 Å². The number of nitrogens with two attached hydrogens (primary N) is 1. The summed E-state index contributed by atoms with van der Waals surface area (Å²) in [5.41, 5.74) is 6.76. The highest BCUT2D eigenvalue weighted by Gasteiger charge is 2.18. The van der Waals surface area contributed by atoms with E-state index in [4.69, 9.17) is 5.73 Å². The molecule has 0 radical (unpaired) electrons. The molecule has 1 aromatic rings. The Kier molecular flexibility index (Phi) is 5.09. The molecule has 0 aliphatic carbocycles. The van der Waals surface area contributed by atoms with Crippen LogP contribution in [0.4, 0.5) is 4.39 Å². The summed E-state index contributed by atoms with van der Waals surface area (Å²) in [6.07, 6.45) is 0. The molecule has 1 rings (SSSR count). The molecule has 3 heteroatoms. The minimum Gasteiger partial charge on any atom is -0.326 e. The molecular weight excluding hydrogens is 215 g/mol. The van der Waals surface area contributed by atoms with Crippen molar-refractivity contribution in [2.24, 2.45) is 11.7 Å². The molecule has 0 bridgehead atoms. The van der Waals surface area contributed by atoms with E-state index in [1.165, 1.54) is 6.07 Å². The molecule has 0 fully saturated rings. The van der Waals surface area contributed by atoms with Crippen molar-refractivity contribution in [3.05, 3.63) is 35.6 Å². The highest BCUT2D eigenvalue weighted by atomic mass is 19.1. The predicted molar refractivity (Wildman–Crippen MR) is 70.3 cm³/mol. The minimum absolute atomic E-state index is 0.0426. The summed E-state index contributed by atoms with van der Waals surface area (Å²) in [5, 5.41) is 0. The van der Waals surface area contributed by atoms with Gasteiger partial charge in [-0.15, -0.1) is 0 Å². The molecule has 0 spiro atoms. The Labute approximate surface area is 104 Å². The lowest BCUT2D eigenvalue weighted by molar-refractivity contribution is 0.223. The van der Waals surface area contributed by atoms with Gasteiger partial charge >= 0.3 is 0 Å². The molecule has 2 N–H and O–H groups in total. The summed E-state index contributed by atoms with van der Waals surface area (Å²) >= 11 is 0. The van der Waals surface area contributed by atoms with Crippen LogP contribution in [0, 0.1) is 11.7 Å². The van der Waals surface area contributed by atoms with Gasteiger partial charge in [0.05, 0.1) is 0 Å². The fraction of sp³-hybridized carbons (Fsp3) is 0.571. The first-order chi connectivity index (χ1) is 7.93. The van der Waals surface area contributed by atoms with Crippen LogP contribution in [0.25, 0.3) is 0 Å². The Morgan fingerprint density at radius 3 is 2.35 bits per heavy atom. The van der Waals surface area contributed by atoms with Gasteiger partial charge in [0, 0.05) is 24.2 Å². The zero-order valence-corrected chi connectivity index (χ0v) is 11.2. The van der Waals surface area contributed by atoms with E-state index in [1.54, 1.807) is 6.07 Å². The lowest BCUT2D eigenvalue weighted by Gasteiger charge is -2.29. The average Bonchev–Trinajstić information content (AvgIpc) is 2.28. The van der Waals surface area contributed by atoms with E-state index < -0.39 is 0 Å². The van der Waals surface area contributed by atoms with E-state index in [2.05, 4.69) is 18.7 Å². The molecule has 0 aliphatic rings. The fourth-order valence-corrected chi connectivity index (χ4v) is 1.75. The fourth-order valence-electron chi connectivity index (χ4n) is 1.75. The van der Waals surface area contributed by atoms with E-state index in [0.29, 0.717) is 5.92 Å². The van der Waals surface area contributed by atoms with Crippen LogP contribution in [0.15, 0.2) is 24.3 Å². The maximum absolute atomic E-state index is 13.6. The smallest absolute Gasteiger partial charge is 0.127 e. The Morgan fingerprint density at radius 1 is 1.24 bits per heavy atom. The van der Waals surface area contributed by atoms with E-state index in [-0.39, 0.29) is 17.9 Å². The molecule has 0 aromatic heterocycles. The Bertz CT molecular complexity index is 352. The number of nitrogens with zero attached hydrogens (tertiary/aromatic N) is 1. The van der Waals surface area contributed by atoms with Crippen molar-refractivity contribution in [3.63, 3.8) is 0 Å². The molecule has 0 aliphatic heterocycles. The molecule has 0 saturated carbocycles. The Morgan fingerprint density at radius 2 is 1.82 bits per heavy atom. The van der Waals surface area contributed by atoms with Crippen LogP contribution in [0.3, 0.4) is 0 Å². The molecule has 96 valence electrons. The topological polar surface area (TPSA) is 29.3 Å². The first-order valence-electron chi connectivity index (χ1n) is 6.13. The number of rotatable bonds is 5. The number of halogens is 1. The zero-order valence-electron chi connectivity index (χ0n) is 11.2. The average molecular weight is 238 g/mol. The summed E-state index contributed by atoms with van der Waals surface area (Å²) in [5.74, 6) is 0.287. The van der Waals surface area contributed by atoms with Gasteiger partial charge in [0.2, 0.25) is 0 Å². The second-order valence-corrected chi connectivity index (χ2v) is 5.04. The van der Waals surface area contributed by atoms with Crippen LogP contribution in [-0.4, -0.2) is 24.5 Å². The standard InChI is InChI=1S/C14H23FN2/c1-10(2)14(16)9-17(4)11(3)12-7-5-6-8-13(12)15/h5-8,10-11,14H,9,16H2,1-4H3. The second kappa shape index (κ2) is 6.12. The summed E-state index contributed by atoms with van der Waals surface area (Å²) in [6, 6.07) is 7.07. The summed E-state index contributed by atoms with van der Waals surface area (Å²) in [7, 11) is 1.99. The molecule has 0 heterocycles. The van der Waals surface area contributed by atoms with Gasteiger partial charge in [-0.2, -0.15) is 0 Å². The summed E-state index contributed by atoms with van der Waals surface area (Å²) < 4.78 is 13.6. The highest BCUT2D eigenvalue weighted by Crippen LogP contribution is 2.21. The van der Waals surface area contributed by atoms with Crippen LogP contribution in [0.1, 0.15) is 32.4 Å². The predicted octanol–water partition coefficient (Wildman–Crippen LogP) is 2.80. The Balaban J connectivity index is 2.70. The first-order valence-corrected chi connectivity index (χ1v) is 6.13. The van der Waals surface area contributed by atoms with Gasteiger partial charge in [0.15, 0.2) is 0 Å². The molecule has 2 unspecified atom stereocenters. The quantitative estimate of drug-likeness (QED) is 0.854. The van der Waals surface area contributed by atoms with E-state index >= 15 is 0 Å². The number of hydrogen-bond donors (Lipinski definition) is 1. The lowest BCUT2D eigenvalue weighted by Crippen LogP contribution is -2.40. The number of hydrogen-bond acceptors (Lipinski definition) is 2. The minimum atomic E-state index is -0.148. The van der Waals surface area contributed by atoms with Crippen molar-refractivity contribution >= 4 is 0 Å². The van der Waals surface area contributed by atoms with Crippen LogP contribution < -0.4 is 5.73 Å². The lowest BCUT2D eigenvalue weighted by atomic mass is 10.0. The number of likely N-dealkylation sites (N-methyl/N-ethyl adjacent to an activating group) is 1. The van der Waals surface area contributed by atoms with Gasteiger partial charge in [-0.3, -0.25) is 4.90 Å². The SMILES string of the molecule is CC(C)C(N)CN(C)C(C)c1ccccc1F. The van der Waals surface area contributed by atoms with Gasteiger partial charge in [0.25, 0.3) is 0 Å². The largest absolute Gasteiger partial charge is 0.326 e. The van der Waals surface area contributed by atoms with Crippen molar-refractivity contribution in [2.75, 3.05) is 13.6 Å². The van der Waals surface area contributed by atoms with Crippen LogP contribution in [-0.2, 0) is 0 Å². The third-order valence-electron chi connectivity index (χ3n) is 3.37. The van der Waals surface area contributed by atoms with Crippen LogP contribution >= 0.6 is 0 Å². The van der Waals surface area contributed by atoms with Gasteiger partial charge < -0.3 is 5.73 Å². The molecule has 0 saturated heterocycles. The van der Waals surface area contributed by atoms with Crippen molar-refractivity contribution < 1.29 is 4.39 Å². The molecule has 2 nitrogen and oxygen atoms in total. The molecule has 1 aromatic carbocycles. The van der Waals surface area contributed by atoms with Crippen LogP contribution in [0.2, 0.25) is 0 Å². The van der Waals surface area contributed by atoms with Crippen molar-refractivity contribution in [3.8, 4) is 0 Å². The second-order valence-electron chi connectivity index (χ2n) is 5.04. The molecule has 0 amide bonds. The van der Waals surface area contributed by atoms with Crippen molar-refractivity contribution in [1.82, 2.24) is 4.90 Å². The van der Waals surface area contributed by atoms with E-state index in [1.807, 2.05) is 26.1 Å². The third kappa shape index (κ3) is 3.79. The summed E-state index contributed by atoms with van der Waals surface area (Å²) in [6.45, 7) is 6.98. The van der Waals surface area contributed by atoms with Gasteiger partial charge in [-0.05, 0) is 26.0 Å². The summed E-state index contributed by atoms with van der Waals surface area (Å²) in [4.78, 5) is 2.10. The van der Waals surface area contributed by atoms with Crippen molar-refractivity contribution in [1.29, 1.82) is 0 Å². The third-order valence-corrected chi connectivity index (χ3v) is 3.37. The van der Waals surface area contributed by atoms with Crippen LogP contribution in [0.5, 0.6) is 0 Å². The monoisotopic (exact) mass is 238 g/mol. The van der Waals surface area contributed by atoms with Gasteiger partial charge in [-0.25, -0.2) is 4.39 Å². The normalized spacial score (nSPS) is 15.3. The van der Waals surface area contributed by atoms with Gasteiger partial charge in [-0.1, -0.05) is 32.0 Å². The maximum Gasteiger partial charge on any atom is 0.127 e. The molecule has 2 atom stereocenters. The van der Waals surface area contributed by atoms with Crippen molar-refractivity contribution in [2.45, 2.75) is 32.9 Å². The maximum atomic E-state index is 13.6. The highest BCUT2D eigenvalue weighted by molar-refractivity contribution is 5.20.